The van der Waals surface area contributed by atoms with Crippen LogP contribution in [0.1, 0.15) is 21.7 Å². The molecule has 2 N–H and O–H groups in total. The lowest BCUT2D eigenvalue weighted by Gasteiger charge is -2.33. The third kappa shape index (κ3) is 2.80. The Labute approximate surface area is 107 Å². The number of morpholine rings is 1. The van der Waals surface area contributed by atoms with Crippen molar-refractivity contribution in [1.29, 1.82) is 0 Å². The van der Waals surface area contributed by atoms with Crippen LogP contribution in [0.3, 0.4) is 0 Å². The molecule has 1 aromatic rings. The zero-order chi connectivity index (χ0) is 13.1. The Kier molecular flexibility index (Phi) is 4.16. The van der Waals surface area contributed by atoms with Crippen LogP contribution in [-0.2, 0) is 4.74 Å². The largest absolute Gasteiger partial charge is 0.395 e. The van der Waals surface area contributed by atoms with E-state index >= 15 is 0 Å². The third-order valence-electron chi connectivity index (χ3n) is 3.36. The number of carbonyl (C=O) groups excluding carboxylic acids is 1. The van der Waals surface area contributed by atoms with Crippen LogP contribution in [0.4, 0.5) is 0 Å². The number of aryl methyl sites for hydroxylation is 2. The molecule has 0 aromatic carbocycles. The maximum absolute atomic E-state index is 12.2. The number of ketones is 1. The third-order valence-corrected chi connectivity index (χ3v) is 3.36. The van der Waals surface area contributed by atoms with Crippen molar-refractivity contribution in [3.63, 3.8) is 0 Å². The van der Waals surface area contributed by atoms with E-state index in [-0.39, 0.29) is 18.4 Å². The van der Waals surface area contributed by atoms with E-state index in [4.69, 9.17) is 4.74 Å². The van der Waals surface area contributed by atoms with Crippen LogP contribution < -0.4 is 0 Å². The lowest BCUT2D eigenvalue weighted by Crippen LogP contribution is -2.49. The van der Waals surface area contributed by atoms with Crippen LogP contribution in [0.25, 0.3) is 0 Å². The van der Waals surface area contributed by atoms with Crippen molar-refractivity contribution in [3.8, 4) is 0 Å². The Hall–Kier alpha value is -1.17. The molecule has 18 heavy (non-hydrogen) atoms. The first-order chi connectivity index (χ1) is 8.61. The van der Waals surface area contributed by atoms with E-state index in [1.165, 1.54) is 0 Å². The molecule has 5 nitrogen and oxygen atoms in total. The Bertz CT molecular complexity index is 428. The zero-order valence-electron chi connectivity index (χ0n) is 10.9. The summed E-state index contributed by atoms with van der Waals surface area (Å²) in [5.74, 6) is 0.0946. The summed E-state index contributed by atoms with van der Waals surface area (Å²) in [6, 6.07) is 1.81. The van der Waals surface area contributed by atoms with Gasteiger partial charge in [0.05, 0.1) is 32.4 Å². The van der Waals surface area contributed by atoms with Gasteiger partial charge in [0, 0.05) is 23.5 Å². The molecule has 0 radical (unpaired) electrons. The van der Waals surface area contributed by atoms with Crippen molar-refractivity contribution in [1.82, 2.24) is 9.88 Å². The zero-order valence-corrected chi connectivity index (χ0v) is 10.9. The van der Waals surface area contributed by atoms with Gasteiger partial charge in [0.2, 0.25) is 0 Å². The summed E-state index contributed by atoms with van der Waals surface area (Å²) in [6.07, 6.45) is 0. The van der Waals surface area contributed by atoms with Gasteiger partial charge in [-0.15, -0.1) is 0 Å². The quantitative estimate of drug-likeness (QED) is 0.766. The van der Waals surface area contributed by atoms with Crippen molar-refractivity contribution in [2.24, 2.45) is 0 Å². The van der Waals surface area contributed by atoms with Crippen molar-refractivity contribution >= 4 is 5.78 Å². The Balaban J connectivity index is 2.04. The number of hydrogen-bond acceptors (Lipinski definition) is 4. The molecule has 0 aliphatic carbocycles. The lowest BCUT2D eigenvalue weighted by atomic mass is 10.1. The van der Waals surface area contributed by atoms with Crippen molar-refractivity contribution in [2.45, 2.75) is 19.9 Å². The van der Waals surface area contributed by atoms with Gasteiger partial charge in [-0.3, -0.25) is 9.69 Å². The highest BCUT2D eigenvalue weighted by atomic mass is 16.5. The van der Waals surface area contributed by atoms with E-state index < -0.39 is 0 Å². The normalized spacial score (nSPS) is 21.2. The molecule has 0 amide bonds. The molecular formula is C13H20N2O3. The number of aliphatic hydroxyl groups is 1. The Morgan fingerprint density at radius 1 is 1.61 bits per heavy atom. The molecule has 2 heterocycles. The number of nitrogens with zero attached hydrogens (tertiary/aromatic N) is 1. The molecule has 0 spiro atoms. The summed E-state index contributed by atoms with van der Waals surface area (Å²) < 4.78 is 5.30. The van der Waals surface area contributed by atoms with E-state index in [9.17, 15) is 9.90 Å². The van der Waals surface area contributed by atoms with Gasteiger partial charge >= 0.3 is 0 Å². The van der Waals surface area contributed by atoms with E-state index in [1.807, 2.05) is 24.8 Å². The first-order valence-electron chi connectivity index (χ1n) is 6.24. The number of aliphatic hydroxyl groups excluding tert-OH is 1. The number of rotatable bonds is 4. The molecule has 1 aromatic heterocycles. The maximum Gasteiger partial charge on any atom is 0.178 e. The molecule has 1 saturated heterocycles. The standard InChI is InChI=1S/C13H20N2O3/c1-9-5-12(10(2)14-9)13(17)6-15-3-4-18-8-11(15)7-16/h5,11,14,16H,3-4,6-8H2,1-2H3. The molecule has 1 fully saturated rings. The molecule has 1 aliphatic rings. The second-order valence-corrected chi connectivity index (χ2v) is 4.80. The fourth-order valence-corrected chi connectivity index (χ4v) is 2.35. The van der Waals surface area contributed by atoms with Gasteiger partial charge in [0.25, 0.3) is 0 Å². The number of ether oxygens (including phenoxy) is 1. The van der Waals surface area contributed by atoms with Gasteiger partial charge in [-0.2, -0.15) is 0 Å². The number of aromatic amines is 1. The van der Waals surface area contributed by atoms with Crippen LogP contribution in [0.5, 0.6) is 0 Å². The van der Waals surface area contributed by atoms with Crippen LogP contribution >= 0.6 is 0 Å². The summed E-state index contributed by atoms with van der Waals surface area (Å²) in [7, 11) is 0. The predicted octanol–water partition coefficient (Wildman–Crippen LogP) is 0.507. The highest BCUT2D eigenvalue weighted by Gasteiger charge is 2.25. The van der Waals surface area contributed by atoms with E-state index in [2.05, 4.69) is 4.98 Å². The molecule has 1 unspecified atom stereocenters. The van der Waals surface area contributed by atoms with Gasteiger partial charge in [-0.05, 0) is 19.9 Å². The molecular weight excluding hydrogens is 232 g/mol. The lowest BCUT2D eigenvalue weighted by molar-refractivity contribution is -0.0240. The van der Waals surface area contributed by atoms with E-state index in [1.54, 1.807) is 0 Å². The highest BCUT2D eigenvalue weighted by molar-refractivity contribution is 5.98. The number of nitrogens with one attached hydrogen (secondary N) is 1. The minimum atomic E-state index is -0.0666. The van der Waals surface area contributed by atoms with Crippen molar-refractivity contribution in [3.05, 3.63) is 23.0 Å². The Morgan fingerprint density at radius 2 is 2.39 bits per heavy atom. The molecule has 0 bridgehead atoms. The molecule has 0 saturated carbocycles. The molecule has 1 aliphatic heterocycles. The first-order valence-corrected chi connectivity index (χ1v) is 6.24. The predicted molar refractivity (Wildman–Crippen MR) is 67.9 cm³/mol. The molecule has 2 rings (SSSR count). The number of aromatic nitrogens is 1. The van der Waals surface area contributed by atoms with Crippen LogP contribution in [0.2, 0.25) is 0 Å². The van der Waals surface area contributed by atoms with E-state index in [0.29, 0.717) is 26.3 Å². The van der Waals surface area contributed by atoms with Gasteiger partial charge < -0.3 is 14.8 Å². The summed E-state index contributed by atoms with van der Waals surface area (Å²) in [5.41, 5.74) is 2.65. The van der Waals surface area contributed by atoms with Crippen molar-refractivity contribution in [2.75, 3.05) is 32.9 Å². The minimum Gasteiger partial charge on any atom is -0.395 e. The SMILES string of the molecule is Cc1cc(C(=O)CN2CCOCC2CO)c(C)[nH]1. The van der Waals surface area contributed by atoms with Crippen molar-refractivity contribution < 1.29 is 14.6 Å². The number of hydrogen-bond donors (Lipinski definition) is 2. The number of carbonyl (C=O) groups is 1. The first kappa shape index (κ1) is 13.3. The number of Topliss-reactive ketones (excluding diaryl/α,β-unsaturated/α-hetero) is 1. The summed E-state index contributed by atoms with van der Waals surface area (Å²) in [4.78, 5) is 17.4. The van der Waals surface area contributed by atoms with Crippen LogP contribution in [0.15, 0.2) is 6.07 Å². The maximum atomic E-state index is 12.2. The van der Waals surface area contributed by atoms with Crippen LogP contribution in [0, 0.1) is 13.8 Å². The summed E-state index contributed by atoms with van der Waals surface area (Å²) in [6.45, 7) is 6.02. The van der Waals surface area contributed by atoms with Gasteiger partial charge in [0.1, 0.15) is 0 Å². The molecule has 1 atom stereocenters. The fraction of sp³-hybridized carbons (Fsp3) is 0.615. The van der Waals surface area contributed by atoms with Gasteiger partial charge in [-0.1, -0.05) is 0 Å². The average molecular weight is 252 g/mol. The topological polar surface area (TPSA) is 65.6 Å². The van der Waals surface area contributed by atoms with Crippen LogP contribution in [-0.4, -0.2) is 59.7 Å². The summed E-state index contributed by atoms with van der Waals surface area (Å²) in [5, 5.41) is 9.26. The minimum absolute atomic E-state index is 0.0262. The number of H-pyrrole nitrogens is 1. The second kappa shape index (κ2) is 5.65. The fourth-order valence-electron chi connectivity index (χ4n) is 2.35. The van der Waals surface area contributed by atoms with Gasteiger partial charge in [-0.25, -0.2) is 0 Å². The van der Waals surface area contributed by atoms with E-state index in [0.717, 1.165) is 17.0 Å². The highest BCUT2D eigenvalue weighted by Crippen LogP contribution is 2.13. The second-order valence-electron chi connectivity index (χ2n) is 4.80. The summed E-state index contributed by atoms with van der Waals surface area (Å²) >= 11 is 0. The molecule has 100 valence electrons. The monoisotopic (exact) mass is 252 g/mol. The van der Waals surface area contributed by atoms with Gasteiger partial charge in [0.15, 0.2) is 5.78 Å². The average Bonchev–Trinajstić information content (AvgIpc) is 2.69. The molecule has 5 heteroatoms. The Morgan fingerprint density at radius 3 is 3.00 bits per heavy atom. The smallest absolute Gasteiger partial charge is 0.178 e.